The Labute approximate surface area is 132 Å². The maximum Gasteiger partial charge on any atom is 0.125 e. The molecule has 0 heterocycles. The fraction of sp³-hybridized carbons (Fsp3) is 0.647. The number of hydrogen-bond acceptors (Lipinski definition) is 3. The number of nitrogens with one attached hydrogen (secondary N) is 1. The van der Waals surface area contributed by atoms with Crippen molar-refractivity contribution in [2.45, 2.75) is 51.7 Å². The summed E-state index contributed by atoms with van der Waals surface area (Å²) >= 11 is 6.24. The molecule has 1 aromatic rings. The van der Waals surface area contributed by atoms with Gasteiger partial charge in [-0.3, -0.25) is 0 Å². The zero-order valence-electron chi connectivity index (χ0n) is 12.8. The Morgan fingerprint density at radius 1 is 1.38 bits per heavy atom. The van der Waals surface area contributed by atoms with Gasteiger partial charge < -0.3 is 15.2 Å². The van der Waals surface area contributed by atoms with Crippen LogP contribution in [-0.2, 0) is 6.54 Å². The van der Waals surface area contributed by atoms with Gasteiger partial charge in [0.25, 0.3) is 0 Å². The largest absolute Gasteiger partial charge is 0.491 e. The topological polar surface area (TPSA) is 41.5 Å². The van der Waals surface area contributed by atoms with Gasteiger partial charge in [0, 0.05) is 17.1 Å². The molecule has 0 saturated heterocycles. The second-order valence-corrected chi connectivity index (χ2v) is 6.26. The summed E-state index contributed by atoms with van der Waals surface area (Å²) in [7, 11) is 0. The van der Waals surface area contributed by atoms with Crippen LogP contribution in [0, 0.1) is 5.92 Å². The van der Waals surface area contributed by atoms with Gasteiger partial charge in [-0.2, -0.15) is 0 Å². The summed E-state index contributed by atoms with van der Waals surface area (Å²) in [5.74, 6) is 1.44. The molecule has 118 valence electrons. The van der Waals surface area contributed by atoms with E-state index < -0.39 is 0 Å². The number of halogens is 1. The fourth-order valence-corrected chi connectivity index (χ4v) is 3.21. The van der Waals surface area contributed by atoms with Crippen molar-refractivity contribution in [2.75, 3.05) is 13.2 Å². The van der Waals surface area contributed by atoms with Gasteiger partial charge in [-0.25, -0.2) is 0 Å². The molecule has 2 N–H and O–H groups in total. The van der Waals surface area contributed by atoms with Crippen molar-refractivity contribution >= 4 is 11.6 Å². The molecule has 0 aliphatic heterocycles. The highest BCUT2D eigenvalue weighted by molar-refractivity contribution is 6.31. The SMILES string of the molecule is CCNCc1c(Cl)cccc1OCC(O)CC1CCCC1. The van der Waals surface area contributed by atoms with Gasteiger partial charge in [0.05, 0.1) is 6.10 Å². The van der Waals surface area contributed by atoms with Crippen LogP contribution in [0.1, 0.15) is 44.6 Å². The van der Waals surface area contributed by atoms with Gasteiger partial charge >= 0.3 is 0 Å². The van der Waals surface area contributed by atoms with E-state index in [1.165, 1.54) is 25.7 Å². The van der Waals surface area contributed by atoms with Gasteiger partial charge in [-0.1, -0.05) is 50.3 Å². The first-order valence-corrected chi connectivity index (χ1v) is 8.37. The smallest absolute Gasteiger partial charge is 0.125 e. The van der Waals surface area contributed by atoms with Crippen molar-refractivity contribution in [3.05, 3.63) is 28.8 Å². The second kappa shape index (κ2) is 8.62. The molecule has 4 heteroatoms. The summed E-state index contributed by atoms with van der Waals surface area (Å²) in [4.78, 5) is 0. The molecule has 1 unspecified atom stereocenters. The van der Waals surface area contributed by atoms with E-state index in [4.69, 9.17) is 16.3 Å². The first kappa shape index (κ1) is 16.6. The Hall–Kier alpha value is -0.770. The molecule has 1 aliphatic carbocycles. The minimum absolute atomic E-state index is 0.343. The number of aliphatic hydroxyl groups is 1. The summed E-state index contributed by atoms with van der Waals surface area (Å²) in [5.41, 5.74) is 0.967. The maximum absolute atomic E-state index is 10.1. The van der Waals surface area contributed by atoms with E-state index >= 15 is 0 Å². The highest BCUT2D eigenvalue weighted by Gasteiger charge is 2.19. The van der Waals surface area contributed by atoms with Crippen molar-refractivity contribution in [1.82, 2.24) is 5.32 Å². The first-order valence-electron chi connectivity index (χ1n) is 7.99. The number of aliphatic hydroxyl groups excluding tert-OH is 1. The standard InChI is InChI=1S/C17H26ClNO2/c1-2-19-11-15-16(18)8-5-9-17(15)21-12-14(20)10-13-6-3-4-7-13/h5,8-9,13-14,19-20H,2-4,6-7,10-12H2,1H3. The van der Waals surface area contributed by atoms with Gasteiger partial charge in [0.2, 0.25) is 0 Å². The van der Waals surface area contributed by atoms with Crippen LogP contribution in [0.2, 0.25) is 5.02 Å². The van der Waals surface area contributed by atoms with Crippen molar-refractivity contribution in [1.29, 1.82) is 0 Å². The predicted molar refractivity (Wildman–Crippen MR) is 86.9 cm³/mol. The molecule has 0 amide bonds. The highest BCUT2D eigenvalue weighted by Crippen LogP contribution is 2.30. The van der Waals surface area contributed by atoms with Crippen LogP contribution in [0.5, 0.6) is 5.75 Å². The molecule has 3 nitrogen and oxygen atoms in total. The van der Waals surface area contributed by atoms with E-state index in [-0.39, 0.29) is 6.10 Å². The average Bonchev–Trinajstić information content (AvgIpc) is 2.97. The monoisotopic (exact) mass is 311 g/mol. The molecule has 2 rings (SSSR count). The van der Waals surface area contributed by atoms with Crippen LogP contribution in [0.3, 0.4) is 0 Å². The third-order valence-electron chi connectivity index (χ3n) is 4.14. The molecule has 21 heavy (non-hydrogen) atoms. The quantitative estimate of drug-likeness (QED) is 0.768. The van der Waals surface area contributed by atoms with E-state index in [2.05, 4.69) is 12.2 Å². The third kappa shape index (κ3) is 5.17. The normalized spacial score (nSPS) is 17.1. The molecule has 1 aromatic carbocycles. The summed E-state index contributed by atoms with van der Waals surface area (Å²) in [6.07, 6.45) is 5.57. The Kier molecular flexibility index (Phi) is 6.81. The van der Waals surface area contributed by atoms with E-state index in [9.17, 15) is 5.11 Å². The van der Waals surface area contributed by atoms with Gasteiger partial charge in [-0.15, -0.1) is 0 Å². The highest BCUT2D eigenvalue weighted by atomic mass is 35.5. The van der Waals surface area contributed by atoms with Gasteiger partial charge in [-0.05, 0) is 31.0 Å². The van der Waals surface area contributed by atoms with Crippen molar-refractivity contribution < 1.29 is 9.84 Å². The van der Waals surface area contributed by atoms with Gasteiger partial charge in [0.15, 0.2) is 0 Å². The lowest BCUT2D eigenvalue weighted by molar-refractivity contribution is 0.0850. The van der Waals surface area contributed by atoms with E-state index in [1.807, 2.05) is 18.2 Å². The number of benzene rings is 1. The van der Waals surface area contributed by atoms with Crippen LogP contribution in [0.25, 0.3) is 0 Å². The second-order valence-electron chi connectivity index (χ2n) is 5.85. The van der Waals surface area contributed by atoms with E-state index in [1.54, 1.807) is 0 Å². The van der Waals surface area contributed by atoms with Crippen molar-refractivity contribution in [3.63, 3.8) is 0 Å². The summed E-state index contributed by atoms with van der Waals surface area (Å²) in [5, 5.41) is 14.1. The molecule has 1 saturated carbocycles. The van der Waals surface area contributed by atoms with Crippen molar-refractivity contribution in [2.24, 2.45) is 5.92 Å². The van der Waals surface area contributed by atoms with E-state index in [0.29, 0.717) is 24.1 Å². The van der Waals surface area contributed by atoms with Crippen molar-refractivity contribution in [3.8, 4) is 5.75 Å². The summed E-state index contributed by atoms with van der Waals surface area (Å²) in [6.45, 7) is 3.97. The minimum atomic E-state index is -0.390. The third-order valence-corrected chi connectivity index (χ3v) is 4.49. The van der Waals surface area contributed by atoms with Gasteiger partial charge in [0.1, 0.15) is 12.4 Å². The molecule has 1 aliphatic rings. The molecule has 0 aromatic heterocycles. The lowest BCUT2D eigenvalue weighted by atomic mass is 10.0. The molecule has 0 bridgehead atoms. The molecular weight excluding hydrogens is 286 g/mol. The molecule has 1 atom stereocenters. The Morgan fingerprint density at radius 3 is 2.86 bits per heavy atom. The summed E-state index contributed by atoms with van der Waals surface area (Å²) < 4.78 is 5.81. The summed E-state index contributed by atoms with van der Waals surface area (Å²) in [6, 6.07) is 5.67. The average molecular weight is 312 g/mol. The molecule has 0 spiro atoms. The minimum Gasteiger partial charge on any atom is -0.491 e. The van der Waals surface area contributed by atoms with Crippen LogP contribution in [0.4, 0.5) is 0 Å². The number of hydrogen-bond donors (Lipinski definition) is 2. The van der Waals surface area contributed by atoms with E-state index in [0.717, 1.165) is 24.3 Å². The Balaban J connectivity index is 1.87. The predicted octanol–water partition coefficient (Wildman–Crippen LogP) is 3.77. The zero-order valence-corrected chi connectivity index (χ0v) is 13.5. The maximum atomic E-state index is 10.1. The van der Waals surface area contributed by atoms with Crippen LogP contribution < -0.4 is 10.1 Å². The molecular formula is C17H26ClNO2. The Morgan fingerprint density at radius 2 is 2.14 bits per heavy atom. The number of ether oxygens (including phenoxy) is 1. The lowest BCUT2D eigenvalue weighted by Gasteiger charge is -2.18. The van der Waals surface area contributed by atoms with Crippen LogP contribution in [-0.4, -0.2) is 24.4 Å². The van der Waals surface area contributed by atoms with Crippen LogP contribution in [0.15, 0.2) is 18.2 Å². The Bertz CT molecular complexity index is 433. The lowest BCUT2D eigenvalue weighted by Crippen LogP contribution is -2.21. The zero-order chi connectivity index (χ0) is 15.1. The molecule has 1 fully saturated rings. The molecule has 0 radical (unpaired) electrons. The first-order chi connectivity index (χ1) is 10.2. The van der Waals surface area contributed by atoms with Crippen LogP contribution >= 0.6 is 11.6 Å². The fourth-order valence-electron chi connectivity index (χ4n) is 2.98. The number of rotatable bonds is 8.